The summed E-state index contributed by atoms with van der Waals surface area (Å²) in [5.74, 6) is 0.395. The lowest BCUT2D eigenvalue weighted by molar-refractivity contribution is -0.118. The number of nitrogens with zero attached hydrogens (tertiary/aromatic N) is 1. The van der Waals surface area contributed by atoms with Gasteiger partial charge in [0.2, 0.25) is 6.08 Å². The van der Waals surface area contributed by atoms with E-state index >= 15 is 0 Å². The zero-order chi connectivity index (χ0) is 41.8. The highest BCUT2D eigenvalue weighted by molar-refractivity contribution is 5.80. The first-order chi connectivity index (χ1) is 26.8. The molecule has 0 aliphatic carbocycles. The van der Waals surface area contributed by atoms with Gasteiger partial charge in [-0.05, 0) is 52.5 Å². The predicted octanol–water partition coefficient (Wildman–Crippen LogP) is 16.2. The van der Waals surface area contributed by atoms with E-state index in [0.717, 1.165) is 30.5 Å². The van der Waals surface area contributed by atoms with E-state index in [2.05, 4.69) is 96.8 Å². The van der Waals surface area contributed by atoms with E-state index in [1.54, 1.807) is 6.08 Å². The van der Waals surface area contributed by atoms with Gasteiger partial charge in [0.15, 0.2) is 0 Å². The highest BCUT2D eigenvalue weighted by Crippen LogP contribution is 2.23. The van der Waals surface area contributed by atoms with Crippen LogP contribution in [0.15, 0.2) is 53.5 Å². The van der Waals surface area contributed by atoms with Gasteiger partial charge in [0.1, 0.15) is 5.78 Å². The number of benzene rings is 2. The van der Waals surface area contributed by atoms with Crippen LogP contribution in [0.2, 0.25) is 0 Å². The van der Waals surface area contributed by atoms with Gasteiger partial charge in [0.05, 0.1) is 6.54 Å². The SMILES string of the molecule is CC(C)(C)c1ccc(N)cc1.CCCCCCCCCCCCCCCC(=O)Cc1ccc(C(C)(C)C)cc1.CCCCCCCCCCCCCCN=C=O. The summed E-state index contributed by atoms with van der Waals surface area (Å²) < 4.78 is 0. The molecule has 0 aliphatic heterocycles. The zero-order valence-electron chi connectivity index (χ0n) is 38.3. The third kappa shape index (κ3) is 33.4. The van der Waals surface area contributed by atoms with Crippen molar-refractivity contribution in [3.63, 3.8) is 0 Å². The van der Waals surface area contributed by atoms with Gasteiger partial charge in [-0.3, -0.25) is 4.79 Å². The lowest BCUT2D eigenvalue weighted by Gasteiger charge is -2.19. The van der Waals surface area contributed by atoms with Crippen LogP contribution >= 0.6 is 0 Å². The van der Waals surface area contributed by atoms with Gasteiger partial charge in [0.25, 0.3) is 0 Å². The largest absolute Gasteiger partial charge is 0.399 e. The topological polar surface area (TPSA) is 72.5 Å². The molecule has 320 valence electrons. The normalized spacial score (nSPS) is 11.2. The summed E-state index contributed by atoms with van der Waals surface area (Å²) in [5.41, 5.74) is 10.6. The number of rotatable bonds is 29. The molecule has 0 bridgehead atoms. The smallest absolute Gasteiger partial charge is 0.234 e. The highest BCUT2D eigenvalue weighted by Gasteiger charge is 2.14. The van der Waals surface area contributed by atoms with Crippen molar-refractivity contribution >= 4 is 17.6 Å². The summed E-state index contributed by atoms with van der Waals surface area (Å²) in [7, 11) is 0. The van der Waals surface area contributed by atoms with E-state index in [0.29, 0.717) is 18.7 Å². The Hall–Kier alpha value is -2.71. The summed E-state index contributed by atoms with van der Waals surface area (Å²) in [6.45, 7) is 18.5. The van der Waals surface area contributed by atoms with Crippen LogP contribution in [-0.2, 0) is 26.8 Å². The maximum atomic E-state index is 12.2. The monoisotopic (exact) mass is 775 g/mol. The van der Waals surface area contributed by atoms with Crippen LogP contribution in [0, 0.1) is 0 Å². The first-order valence-electron chi connectivity index (χ1n) is 23.4. The Morgan fingerprint density at radius 3 is 1.16 bits per heavy atom. The first kappa shape index (κ1) is 53.3. The molecular formula is C52H90N2O2. The first-order valence-corrected chi connectivity index (χ1v) is 23.4. The number of anilines is 1. The molecule has 0 atom stereocenters. The Labute approximate surface area is 348 Å². The minimum Gasteiger partial charge on any atom is -0.399 e. The quantitative estimate of drug-likeness (QED) is 0.0387. The highest BCUT2D eigenvalue weighted by atomic mass is 16.1. The fourth-order valence-electron chi connectivity index (χ4n) is 6.84. The van der Waals surface area contributed by atoms with Crippen LogP contribution in [0.3, 0.4) is 0 Å². The zero-order valence-corrected chi connectivity index (χ0v) is 38.3. The van der Waals surface area contributed by atoms with E-state index in [1.807, 2.05) is 12.1 Å². The number of unbranched alkanes of at least 4 members (excludes halogenated alkanes) is 23. The number of nitrogens with two attached hydrogens (primary N) is 1. The maximum absolute atomic E-state index is 12.2. The molecule has 4 nitrogen and oxygen atoms in total. The number of aliphatic imine (C=N–C) groups is 1. The number of isocyanates is 1. The predicted molar refractivity (Wildman–Crippen MR) is 248 cm³/mol. The fraction of sp³-hybridized carbons (Fsp3) is 0.731. The van der Waals surface area contributed by atoms with Gasteiger partial charge in [-0.1, -0.05) is 239 Å². The van der Waals surface area contributed by atoms with Crippen LogP contribution in [0.5, 0.6) is 0 Å². The van der Waals surface area contributed by atoms with E-state index < -0.39 is 0 Å². The summed E-state index contributed by atoms with van der Waals surface area (Å²) in [6, 6.07) is 16.7. The van der Waals surface area contributed by atoms with Gasteiger partial charge in [-0.15, -0.1) is 0 Å². The van der Waals surface area contributed by atoms with Crippen LogP contribution in [-0.4, -0.2) is 18.4 Å². The average Bonchev–Trinajstić information content (AvgIpc) is 3.15. The third-order valence-corrected chi connectivity index (χ3v) is 10.7. The molecule has 0 saturated heterocycles. The average molecular weight is 775 g/mol. The Morgan fingerprint density at radius 2 is 0.821 bits per heavy atom. The lowest BCUT2D eigenvalue weighted by Crippen LogP contribution is -2.11. The summed E-state index contributed by atoms with van der Waals surface area (Å²) in [4.78, 5) is 25.6. The molecule has 2 N–H and O–H groups in total. The molecule has 0 fully saturated rings. The van der Waals surface area contributed by atoms with Crippen molar-refractivity contribution in [1.29, 1.82) is 0 Å². The molecule has 56 heavy (non-hydrogen) atoms. The van der Waals surface area contributed by atoms with Crippen LogP contribution in [0.1, 0.15) is 239 Å². The van der Waals surface area contributed by atoms with Crippen molar-refractivity contribution in [3.8, 4) is 0 Å². The number of hydrogen-bond donors (Lipinski definition) is 1. The minimum atomic E-state index is 0.178. The summed E-state index contributed by atoms with van der Waals surface area (Å²) in [5, 5.41) is 0. The molecule has 4 heteroatoms. The van der Waals surface area contributed by atoms with E-state index in [9.17, 15) is 9.59 Å². The van der Waals surface area contributed by atoms with E-state index in [-0.39, 0.29) is 10.8 Å². The lowest BCUT2D eigenvalue weighted by atomic mass is 9.86. The molecular weight excluding hydrogens is 685 g/mol. The molecule has 0 saturated carbocycles. The van der Waals surface area contributed by atoms with Crippen molar-refractivity contribution in [2.24, 2.45) is 4.99 Å². The standard InChI is InChI=1S/C27H46O.C15H29NO.C10H15N/c1-5-6-7-8-9-10-11-12-13-14-15-16-17-18-26(28)23-24-19-21-25(22-20-24)27(2,3)4;1-2-3-4-5-6-7-8-9-10-11-12-13-14-16-15-17;1-10(2,3)8-4-6-9(11)7-5-8/h19-22H,5-18,23H2,1-4H3;2-14H2,1H3;4-7H,11H2,1-3H3. The number of ketones is 1. The number of hydrogen-bond acceptors (Lipinski definition) is 4. The molecule has 0 aromatic heterocycles. The van der Waals surface area contributed by atoms with Crippen LogP contribution in [0.4, 0.5) is 5.69 Å². The third-order valence-electron chi connectivity index (χ3n) is 10.7. The van der Waals surface area contributed by atoms with Crippen LogP contribution < -0.4 is 5.73 Å². The molecule has 0 heterocycles. The van der Waals surface area contributed by atoms with Gasteiger partial charge in [-0.2, -0.15) is 0 Å². The van der Waals surface area contributed by atoms with Gasteiger partial charge >= 0.3 is 0 Å². The van der Waals surface area contributed by atoms with Crippen LogP contribution in [0.25, 0.3) is 0 Å². The molecule has 2 aromatic rings. The Balaban J connectivity index is 0.000000910. The number of nitrogen functional groups attached to an aromatic ring is 1. The van der Waals surface area contributed by atoms with Crippen molar-refractivity contribution < 1.29 is 9.59 Å². The van der Waals surface area contributed by atoms with Gasteiger partial charge < -0.3 is 5.73 Å². The molecule has 2 rings (SSSR count). The van der Waals surface area contributed by atoms with E-state index in [4.69, 9.17) is 5.73 Å². The molecule has 0 radical (unpaired) electrons. The van der Waals surface area contributed by atoms with Gasteiger partial charge in [0, 0.05) is 18.5 Å². The number of carbonyl (C=O) groups excluding carboxylic acids is 2. The second-order valence-corrected chi connectivity index (χ2v) is 18.4. The second kappa shape index (κ2) is 35.5. The molecule has 0 aliphatic rings. The second-order valence-electron chi connectivity index (χ2n) is 18.4. The van der Waals surface area contributed by atoms with Crippen molar-refractivity contribution in [1.82, 2.24) is 0 Å². The molecule has 0 spiro atoms. The van der Waals surface area contributed by atoms with Gasteiger partial charge in [-0.25, -0.2) is 9.79 Å². The van der Waals surface area contributed by atoms with Crippen molar-refractivity contribution in [2.45, 2.75) is 240 Å². The molecule has 0 unspecified atom stereocenters. The Kier molecular flexibility index (Phi) is 33.7. The van der Waals surface area contributed by atoms with Crippen molar-refractivity contribution in [2.75, 3.05) is 12.3 Å². The van der Waals surface area contributed by atoms with Crippen molar-refractivity contribution in [3.05, 3.63) is 65.2 Å². The summed E-state index contributed by atoms with van der Waals surface area (Å²) in [6.07, 6.45) is 36.6. The van der Waals surface area contributed by atoms with E-state index in [1.165, 1.54) is 159 Å². The number of carbonyl (C=O) groups is 1. The Morgan fingerprint density at radius 1 is 0.500 bits per heavy atom. The summed E-state index contributed by atoms with van der Waals surface area (Å²) >= 11 is 0. The maximum Gasteiger partial charge on any atom is 0.234 e. The Bertz CT molecular complexity index is 1210. The molecule has 2 aromatic carbocycles. The number of Topliss-reactive ketones (excluding diaryl/α,β-unsaturated/α-hetero) is 1. The molecule has 0 amide bonds. The fourth-order valence-corrected chi connectivity index (χ4v) is 6.84. The minimum absolute atomic E-state index is 0.178.